The second kappa shape index (κ2) is 11.1. The molecule has 2 aliphatic heterocycles. The van der Waals surface area contributed by atoms with Crippen LogP contribution >= 0.6 is 11.6 Å². The fourth-order valence-corrected chi connectivity index (χ4v) is 5.21. The van der Waals surface area contributed by atoms with Gasteiger partial charge in [0.25, 0.3) is 5.91 Å². The van der Waals surface area contributed by atoms with Crippen LogP contribution in [0.2, 0.25) is 5.15 Å². The van der Waals surface area contributed by atoms with Crippen molar-refractivity contribution in [1.29, 1.82) is 0 Å². The Kier molecular flexibility index (Phi) is 8.00. The smallest absolute Gasteiger partial charge is 0.303 e. The Morgan fingerprint density at radius 2 is 1.79 bits per heavy atom. The summed E-state index contributed by atoms with van der Waals surface area (Å²) >= 11 is 5.96. The molecular formula is C25H30ClFN4O3. The lowest BCUT2D eigenvalue weighted by molar-refractivity contribution is -0.139. The summed E-state index contributed by atoms with van der Waals surface area (Å²) in [5.41, 5.74) is 1.53. The molecule has 7 nitrogen and oxygen atoms in total. The van der Waals surface area contributed by atoms with E-state index in [9.17, 15) is 19.1 Å². The van der Waals surface area contributed by atoms with E-state index in [4.69, 9.17) is 11.6 Å². The van der Waals surface area contributed by atoms with Crippen molar-refractivity contribution >= 4 is 29.2 Å². The lowest BCUT2D eigenvalue weighted by atomic mass is 9.81. The van der Waals surface area contributed by atoms with Crippen molar-refractivity contribution in [3.05, 3.63) is 59.1 Å². The van der Waals surface area contributed by atoms with Crippen LogP contribution in [0.3, 0.4) is 0 Å². The lowest BCUT2D eigenvalue weighted by Crippen LogP contribution is -2.48. The van der Waals surface area contributed by atoms with Gasteiger partial charge in [-0.15, -0.1) is 0 Å². The van der Waals surface area contributed by atoms with E-state index in [0.717, 1.165) is 44.8 Å². The van der Waals surface area contributed by atoms with Crippen LogP contribution in [-0.2, 0) is 4.79 Å². The molecule has 2 aromatic rings. The van der Waals surface area contributed by atoms with E-state index in [1.807, 2.05) is 17.0 Å². The minimum atomic E-state index is -0.788. The first-order valence-corrected chi connectivity index (χ1v) is 12.1. The number of piperazine rings is 1. The SMILES string of the molecule is O=C(O)CC1CCN(C(=O)c2ccnc(Cl)c2)CC1CCN1CCN(c2ccc(F)cc2)CC1. The van der Waals surface area contributed by atoms with Gasteiger partial charge in [0.05, 0.1) is 0 Å². The number of hydrogen-bond acceptors (Lipinski definition) is 5. The number of aliphatic carboxylic acids is 1. The number of carboxylic acid groups (broad SMARTS) is 1. The molecule has 2 aliphatic rings. The summed E-state index contributed by atoms with van der Waals surface area (Å²) in [7, 11) is 0. The van der Waals surface area contributed by atoms with Gasteiger partial charge in [-0.05, 0) is 67.6 Å². The van der Waals surface area contributed by atoms with Crippen molar-refractivity contribution in [3.63, 3.8) is 0 Å². The highest BCUT2D eigenvalue weighted by Crippen LogP contribution is 2.30. The number of likely N-dealkylation sites (tertiary alicyclic amines) is 1. The number of benzene rings is 1. The quantitative estimate of drug-likeness (QED) is 0.600. The standard InChI is InChI=1S/C25H30ClFN4O3/c26-23-15-19(5-8-28-23)25(34)31-10-7-18(16-24(32)33)20(17-31)6-9-29-11-13-30(14-12-29)22-3-1-21(27)2-4-22/h1-5,8,15,18,20H,6-7,9-14,16-17H2,(H,32,33). The fourth-order valence-electron chi connectivity index (χ4n) is 5.03. The van der Waals surface area contributed by atoms with E-state index in [0.29, 0.717) is 25.1 Å². The zero-order valence-corrected chi connectivity index (χ0v) is 19.8. The van der Waals surface area contributed by atoms with Crippen LogP contribution in [0.15, 0.2) is 42.6 Å². The summed E-state index contributed by atoms with van der Waals surface area (Å²) in [5, 5.41) is 9.68. The van der Waals surface area contributed by atoms with Gasteiger partial charge in [0.15, 0.2) is 0 Å². The van der Waals surface area contributed by atoms with Gasteiger partial charge in [-0.3, -0.25) is 14.5 Å². The van der Waals surface area contributed by atoms with E-state index in [1.165, 1.54) is 18.3 Å². The summed E-state index contributed by atoms with van der Waals surface area (Å²) in [4.78, 5) is 34.9. The average molecular weight is 489 g/mol. The molecule has 9 heteroatoms. The number of carboxylic acids is 1. The number of piperidine rings is 1. The molecular weight excluding hydrogens is 459 g/mol. The number of halogens is 2. The second-order valence-electron chi connectivity index (χ2n) is 9.12. The van der Waals surface area contributed by atoms with Crippen LogP contribution in [0.5, 0.6) is 0 Å². The Bertz CT molecular complexity index is 998. The van der Waals surface area contributed by atoms with Crippen LogP contribution in [0, 0.1) is 17.7 Å². The number of rotatable bonds is 7. The third-order valence-electron chi connectivity index (χ3n) is 6.97. The lowest BCUT2D eigenvalue weighted by Gasteiger charge is -2.40. The molecule has 1 aromatic carbocycles. The Morgan fingerprint density at radius 1 is 1.06 bits per heavy atom. The molecule has 182 valence electrons. The Labute approximate surface area is 204 Å². The maximum atomic E-state index is 13.2. The van der Waals surface area contributed by atoms with Crippen molar-refractivity contribution in [2.75, 3.05) is 50.7 Å². The van der Waals surface area contributed by atoms with Crippen LogP contribution in [0.1, 0.15) is 29.6 Å². The second-order valence-corrected chi connectivity index (χ2v) is 9.51. The van der Waals surface area contributed by atoms with E-state index < -0.39 is 5.97 Å². The van der Waals surface area contributed by atoms with E-state index in [-0.39, 0.29) is 35.1 Å². The molecule has 2 saturated heterocycles. The number of aromatic nitrogens is 1. The third kappa shape index (κ3) is 6.24. The number of pyridine rings is 1. The van der Waals surface area contributed by atoms with Crippen molar-refractivity contribution in [1.82, 2.24) is 14.8 Å². The molecule has 0 radical (unpaired) electrons. The van der Waals surface area contributed by atoms with Gasteiger partial charge < -0.3 is 14.9 Å². The van der Waals surface area contributed by atoms with E-state index in [1.54, 1.807) is 12.1 Å². The van der Waals surface area contributed by atoms with Crippen molar-refractivity contribution in [3.8, 4) is 0 Å². The van der Waals surface area contributed by atoms with Crippen LogP contribution < -0.4 is 4.90 Å². The van der Waals surface area contributed by atoms with Crippen LogP contribution in [0.25, 0.3) is 0 Å². The number of hydrogen-bond donors (Lipinski definition) is 1. The predicted octanol–water partition coefficient (Wildman–Crippen LogP) is 3.64. The highest BCUT2D eigenvalue weighted by atomic mass is 35.5. The molecule has 0 spiro atoms. The molecule has 34 heavy (non-hydrogen) atoms. The maximum absolute atomic E-state index is 13.2. The summed E-state index contributed by atoms with van der Waals surface area (Å²) in [6.07, 6.45) is 3.18. The first kappa shape index (κ1) is 24.4. The number of nitrogens with zero attached hydrogens (tertiary/aromatic N) is 4. The molecule has 0 bridgehead atoms. The largest absolute Gasteiger partial charge is 0.481 e. The highest BCUT2D eigenvalue weighted by molar-refractivity contribution is 6.29. The average Bonchev–Trinajstić information content (AvgIpc) is 2.83. The summed E-state index contributed by atoms with van der Waals surface area (Å²) < 4.78 is 13.2. The minimum Gasteiger partial charge on any atom is -0.481 e. The molecule has 2 atom stereocenters. The van der Waals surface area contributed by atoms with Gasteiger partial charge in [-0.2, -0.15) is 0 Å². The highest BCUT2D eigenvalue weighted by Gasteiger charge is 2.33. The monoisotopic (exact) mass is 488 g/mol. The number of carbonyl (C=O) groups is 2. The van der Waals surface area contributed by atoms with Gasteiger partial charge in [0.1, 0.15) is 11.0 Å². The topological polar surface area (TPSA) is 77.0 Å². The minimum absolute atomic E-state index is 0.0584. The Morgan fingerprint density at radius 3 is 2.47 bits per heavy atom. The van der Waals surface area contributed by atoms with Crippen LogP contribution in [0.4, 0.5) is 10.1 Å². The molecule has 1 amide bonds. The molecule has 2 fully saturated rings. The summed E-state index contributed by atoms with van der Waals surface area (Å²) in [6.45, 7) is 5.47. The molecule has 4 rings (SSSR count). The van der Waals surface area contributed by atoms with Gasteiger partial charge in [-0.1, -0.05) is 11.6 Å². The zero-order valence-electron chi connectivity index (χ0n) is 19.1. The van der Waals surface area contributed by atoms with Gasteiger partial charge in [-0.25, -0.2) is 9.37 Å². The number of carbonyl (C=O) groups excluding carboxylic acids is 1. The Hall–Kier alpha value is -2.71. The van der Waals surface area contributed by atoms with Crippen molar-refractivity contribution in [2.45, 2.75) is 19.3 Å². The van der Waals surface area contributed by atoms with Crippen LogP contribution in [-0.4, -0.2) is 77.6 Å². The first-order valence-electron chi connectivity index (χ1n) is 11.7. The van der Waals surface area contributed by atoms with Gasteiger partial charge >= 0.3 is 5.97 Å². The van der Waals surface area contributed by atoms with Gasteiger partial charge in [0, 0.05) is 63.1 Å². The molecule has 1 N–H and O–H groups in total. The Balaban J connectivity index is 1.33. The molecule has 2 unspecified atom stereocenters. The summed E-state index contributed by atoms with van der Waals surface area (Å²) in [6, 6.07) is 9.83. The fraction of sp³-hybridized carbons (Fsp3) is 0.480. The zero-order chi connectivity index (χ0) is 24.1. The third-order valence-corrected chi connectivity index (χ3v) is 7.18. The number of amides is 1. The molecule has 0 aliphatic carbocycles. The molecule has 1 aromatic heterocycles. The maximum Gasteiger partial charge on any atom is 0.303 e. The normalized spacial score (nSPS) is 21.5. The molecule has 3 heterocycles. The number of anilines is 1. The molecule has 0 saturated carbocycles. The van der Waals surface area contributed by atoms with E-state index >= 15 is 0 Å². The van der Waals surface area contributed by atoms with E-state index in [2.05, 4.69) is 14.8 Å². The summed E-state index contributed by atoms with van der Waals surface area (Å²) in [5.74, 6) is -0.922. The first-order chi connectivity index (χ1) is 16.4. The van der Waals surface area contributed by atoms with Crippen molar-refractivity contribution < 1.29 is 19.1 Å². The van der Waals surface area contributed by atoms with Crippen molar-refractivity contribution in [2.24, 2.45) is 11.8 Å². The predicted molar refractivity (Wildman–Crippen MR) is 129 cm³/mol. The van der Waals surface area contributed by atoms with Gasteiger partial charge in [0.2, 0.25) is 0 Å².